The van der Waals surface area contributed by atoms with Crippen LogP contribution in [0.4, 0.5) is 11.5 Å². The van der Waals surface area contributed by atoms with Gasteiger partial charge in [0.05, 0.1) is 10.3 Å². The molecule has 0 saturated carbocycles. The normalized spacial score (nSPS) is 10.3. The van der Waals surface area contributed by atoms with Gasteiger partial charge in [-0.05, 0) is 46.6 Å². The molecule has 0 aliphatic heterocycles. The standard InChI is InChI=1S/C15H17BrN4/c1-11-7-9-19-15(14(11)16)20(10-8-13(17)18)12-5-3-2-4-6-12/h2-7,9H,8,10H2,1H3,(H3,17,18). The molecule has 0 saturated heterocycles. The van der Waals surface area contributed by atoms with Crippen LogP contribution in [0.3, 0.4) is 0 Å². The Morgan fingerprint density at radius 2 is 2.00 bits per heavy atom. The first-order chi connectivity index (χ1) is 9.59. The van der Waals surface area contributed by atoms with E-state index < -0.39 is 0 Å². The monoisotopic (exact) mass is 332 g/mol. The van der Waals surface area contributed by atoms with Crippen molar-refractivity contribution in [3.05, 3.63) is 52.6 Å². The van der Waals surface area contributed by atoms with Crippen molar-refractivity contribution in [2.24, 2.45) is 5.73 Å². The highest BCUT2D eigenvalue weighted by Crippen LogP contribution is 2.32. The van der Waals surface area contributed by atoms with E-state index in [0.717, 1.165) is 21.5 Å². The van der Waals surface area contributed by atoms with Crippen LogP contribution in [0.1, 0.15) is 12.0 Å². The fourth-order valence-electron chi connectivity index (χ4n) is 1.91. The molecule has 0 atom stereocenters. The lowest BCUT2D eigenvalue weighted by atomic mass is 10.2. The molecule has 104 valence electrons. The van der Waals surface area contributed by atoms with E-state index >= 15 is 0 Å². The molecular formula is C15H17BrN4. The van der Waals surface area contributed by atoms with Crippen LogP contribution in [0.2, 0.25) is 0 Å². The molecule has 4 nitrogen and oxygen atoms in total. The van der Waals surface area contributed by atoms with Crippen LogP contribution >= 0.6 is 15.9 Å². The van der Waals surface area contributed by atoms with E-state index in [-0.39, 0.29) is 5.84 Å². The Balaban J connectivity index is 2.40. The van der Waals surface area contributed by atoms with Gasteiger partial charge in [-0.15, -0.1) is 0 Å². The molecule has 0 radical (unpaired) electrons. The molecule has 0 unspecified atom stereocenters. The number of hydrogen-bond donors (Lipinski definition) is 2. The number of aromatic nitrogens is 1. The SMILES string of the molecule is Cc1ccnc(N(CCC(=N)N)c2ccccc2)c1Br. The molecule has 1 aromatic carbocycles. The van der Waals surface area contributed by atoms with Crippen molar-refractivity contribution in [2.75, 3.05) is 11.4 Å². The maximum atomic E-state index is 7.43. The van der Waals surface area contributed by atoms with Crippen LogP contribution in [0.5, 0.6) is 0 Å². The molecule has 0 aliphatic carbocycles. The third kappa shape index (κ3) is 3.36. The van der Waals surface area contributed by atoms with E-state index in [0.29, 0.717) is 13.0 Å². The van der Waals surface area contributed by atoms with Gasteiger partial charge in [0.25, 0.3) is 0 Å². The van der Waals surface area contributed by atoms with E-state index in [9.17, 15) is 0 Å². The average molecular weight is 333 g/mol. The van der Waals surface area contributed by atoms with Gasteiger partial charge < -0.3 is 10.6 Å². The average Bonchev–Trinajstić information content (AvgIpc) is 2.44. The Kier molecular flexibility index (Phi) is 4.74. The predicted octanol–water partition coefficient (Wildman–Crippen LogP) is 3.62. The number of halogens is 1. The lowest BCUT2D eigenvalue weighted by Gasteiger charge is -2.25. The summed E-state index contributed by atoms with van der Waals surface area (Å²) in [6.45, 7) is 2.65. The van der Waals surface area contributed by atoms with Crippen LogP contribution < -0.4 is 10.6 Å². The largest absolute Gasteiger partial charge is 0.388 e. The first-order valence-electron chi connectivity index (χ1n) is 6.36. The number of rotatable bonds is 5. The number of benzene rings is 1. The summed E-state index contributed by atoms with van der Waals surface area (Å²) in [7, 11) is 0. The summed E-state index contributed by atoms with van der Waals surface area (Å²) in [5, 5.41) is 7.43. The van der Waals surface area contributed by atoms with E-state index in [1.165, 1.54) is 0 Å². The number of anilines is 2. The Bertz CT molecular complexity index is 598. The van der Waals surface area contributed by atoms with Crippen LogP contribution in [-0.4, -0.2) is 17.4 Å². The molecule has 0 fully saturated rings. The highest BCUT2D eigenvalue weighted by Gasteiger charge is 2.15. The summed E-state index contributed by atoms with van der Waals surface area (Å²) in [4.78, 5) is 6.53. The van der Waals surface area contributed by atoms with Crippen molar-refractivity contribution in [3.8, 4) is 0 Å². The van der Waals surface area contributed by atoms with Gasteiger partial charge in [-0.1, -0.05) is 18.2 Å². The summed E-state index contributed by atoms with van der Waals surface area (Å²) in [5.74, 6) is 1.02. The number of pyridine rings is 1. The van der Waals surface area contributed by atoms with Gasteiger partial charge in [0.2, 0.25) is 0 Å². The van der Waals surface area contributed by atoms with Crippen molar-refractivity contribution in [2.45, 2.75) is 13.3 Å². The van der Waals surface area contributed by atoms with Crippen molar-refractivity contribution in [1.29, 1.82) is 5.41 Å². The van der Waals surface area contributed by atoms with E-state index in [1.807, 2.05) is 43.3 Å². The quantitative estimate of drug-likeness (QED) is 0.649. The second-order valence-corrected chi connectivity index (χ2v) is 5.32. The first kappa shape index (κ1) is 14.5. The number of nitrogens with zero attached hydrogens (tertiary/aromatic N) is 2. The summed E-state index contributed by atoms with van der Waals surface area (Å²) in [6, 6.07) is 12.0. The summed E-state index contributed by atoms with van der Waals surface area (Å²) >= 11 is 3.60. The molecular weight excluding hydrogens is 316 g/mol. The molecule has 0 bridgehead atoms. The Morgan fingerprint density at radius 3 is 2.65 bits per heavy atom. The molecule has 3 N–H and O–H groups in total. The van der Waals surface area contributed by atoms with Crippen molar-refractivity contribution >= 4 is 33.3 Å². The van der Waals surface area contributed by atoms with Gasteiger partial charge in [-0.3, -0.25) is 5.41 Å². The highest BCUT2D eigenvalue weighted by molar-refractivity contribution is 9.10. The van der Waals surface area contributed by atoms with Crippen LogP contribution in [-0.2, 0) is 0 Å². The molecule has 1 aromatic heterocycles. The molecule has 0 amide bonds. The van der Waals surface area contributed by atoms with Crippen LogP contribution in [0, 0.1) is 12.3 Å². The molecule has 2 rings (SSSR count). The van der Waals surface area contributed by atoms with Crippen LogP contribution in [0.15, 0.2) is 47.1 Å². The van der Waals surface area contributed by atoms with Crippen LogP contribution in [0.25, 0.3) is 0 Å². The number of amidine groups is 1. The van der Waals surface area contributed by atoms with Crippen molar-refractivity contribution in [3.63, 3.8) is 0 Å². The molecule has 5 heteroatoms. The van der Waals surface area contributed by atoms with Gasteiger partial charge in [0.15, 0.2) is 0 Å². The summed E-state index contributed by atoms with van der Waals surface area (Å²) < 4.78 is 0.965. The van der Waals surface area contributed by atoms with Gasteiger partial charge in [0.1, 0.15) is 5.82 Å². The smallest absolute Gasteiger partial charge is 0.147 e. The van der Waals surface area contributed by atoms with Gasteiger partial charge in [-0.2, -0.15) is 0 Å². The second-order valence-electron chi connectivity index (χ2n) is 4.53. The Labute approximate surface area is 127 Å². The number of nitrogens with two attached hydrogens (primary N) is 1. The Morgan fingerprint density at radius 1 is 1.30 bits per heavy atom. The molecule has 20 heavy (non-hydrogen) atoms. The maximum absolute atomic E-state index is 7.43. The maximum Gasteiger partial charge on any atom is 0.147 e. The van der Waals surface area contributed by atoms with E-state index in [1.54, 1.807) is 6.20 Å². The Hall–Kier alpha value is -1.88. The lowest BCUT2D eigenvalue weighted by Crippen LogP contribution is -2.24. The second kappa shape index (κ2) is 6.52. The minimum absolute atomic E-state index is 0.176. The van der Waals surface area contributed by atoms with E-state index in [2.05, 4.69) is 25.8 Å². The topological polar surface area (TPSA) is 66.0 Å². The number of nitrogens with one attached hydrogen (secondary N) is 1. The number of para-hydroxylation sites is 1. The zero-order valence-electron chi connectivity index (χ0n) is 11.3. The fourth-order valence-corrected chi connectivity index (χ4v) is 2.36. The molecule has 0 aliphatic rings. The van der Waals surface area contributed by atoms with Gasteiger partial charge in [-0.25, -0.2) is 4.98 Å². The highest BCUT2D eigenvalue weighted by atomic mass is 79.9. The number of aryl methyl sites for hydroxylation is 1. The summed E-state index contributed by atoms with van der Waals surface area (Å²) in [6.07, 6.45) is 2.29. The number of hydrogen-bond acceptors (Lipinski definition) is 3. The molecule has 2 aromatic rings. The molecule has 1 heterocycles. The molecule has 0 spiro atoms. The van der Waals surface area contributed by atoms with Crippen molar-refractivity contribution in [1.82, 2.24) is 4.98 Å². The zero-order chi connectivity index (χ0) is 14.5. The zero-order valence-corrected chi connectivity index (χ0v) is 12.9. The fraction of sp³-hybridized carbons (Fsp3) is 0.200. The third-order valence-electron chi connectivity index (χ3n) is 2.99. The predicted molar refractivity (Wildman–Crippen MR) is 86.7 cm³/mol. The van der Waals surface area contributed by atoms with Gasteiger partial charge >= 0.3 is 0 Å². The van der Waals surface area contributed by atoms with Gasteiger partial charge in [0, 0.05) is 24.8 Å². The minimum Gasteiger partial charge on any atom is -0.388 e. The van der Waals surface area contributed by atoms with E-state index in [4.69, 9.17) is 11.1 Å². The lowest BCUT2D eigenvalue weighted by molar-refractivity contribution is 0.926. The third-order valence-corrected chi connectivity index (χ3v) is 3.97. The van der Waals surface area contributed by atoms with Crippen molar-refractivity contribution < 1.29 is 0 Å². The summed E-state index contributed by atoms with van der Waals surface area (Å²) in [5.41, 5.74) is 7.65. The minimum atomic E-state index is 0.176. The first-order valence-corrected chi connectivity index (χ1v) is 7.15.